The van der Waals surface area contributed by atoms with E-state index in [0.29, 0.717) is 16.3 Å². The predicted molar refractivity (Wildman–Crippen MR) is 76.1 cm³/mol. The predicted octanol–water partition coefficient (Wildman–Crippen LogP) is 2.88. The molecule has 0 radical (unpaired) electrons. The zero-order chi connectivity index (χ0) is 14.8. The van der Waals surface area contributed by atoms with Gasteiger partial charge in [-0.2, -0.15) is 5.01 Å². The molecule has 0 bridgehead atoms. The zero-order valence-electron chi connectivity index (χ0n) is 10.9. The number of hydrogen-bond acceptors (Lipinski definition) is 4. The van der Waals surface area contributed by atoms with Crippen LogP contribution >= 0.6 is 0 Å². The lowest BCUT2D eigenvalue weighted by molar-refractivity contribution is -0.119. The average Bonchev–Trinajstić information content (AvgIpc) is 2.79. The lowest BCUT2D eigenvalue weighted by atomic mass is 10.1. The molecule has 0 aliphatic carbocycles. The number of urea groups is 1. The molecule has 3 amide bonds. The summed E-state index contributed by atoms with van der Waals surface area (Å²) >= 11 is 0. The largest absolute Gasteiger partial charge is 0.355 e. The number of nitroso groups, excluding NO2 is 1. The van der Waals surface area contributed by atoms with Crippen LogP contribution in [0.5, 0.6) is 0 Å². The number of carbonyl (C=O) groups is 2. The molecule has 0 aromatic heterocycles. The topological polar surface area (TPSA) is 70.1 Å². The first-order chi connectivity index (χ1) is 10.2. The Hall–Kier alpha value is -3.02. The van der Waals surface area contributed by atoms with Gasteiger partial charge in [0.2, 0.25) is 0 Å². The fourth-order valence-corrected chi connectivity index (χ4v) is 2.35. The number of amides is 3. The lowest BCUT2D eigenvalue weighted by Crippen LogP contribution is -2.30. The molecule has 1 fully saturated rings. The van der Waals surface area contributed by atoms with Crippen LogP contribution in [0.4, 0.5) is 10.5 Å². The molecule has 104 valence electrons. The van der Waals surface area contributed by atoms with Gasteiger partial charge >= 0.3 is 6.03 Å². The molecule has 1 aliphatic rings. The molecule has 6 nitrogen and oxygen atoms in total. The van der Waals surface area contributed by atoms with Crippen LogP contribution < -0.4 is 4.90 Å². The minimum atomic E-state index is -1.02. The van der Waals surface area contributed by atoms with E-state index >= 15 is 0 Å². The number of rotatable bonds is 3. The van der Waals surface area contributed by atoms with Crippen LogP contribution in [0, 0.1) is 4.91 Å². The maximum atomic E-state index is 12.6. The van der Waals surface area contributed by atoms with Crippen molar-refractivity contribution in [3.8, 4) is 0 Å². The maximum Gasteiger partial charge on any atom is 0.355 e. The summed E-state index contributed by atoms with van der Waals surface area (Å²) in [5.41, 5.74) is 0.966. The second-order valence-electron chi connectivity index (χ2n) is 4.53. The first-order valence-corrected chi connectivity index (χ1v) is 6.34. The van der Waals surface area contributed by atoms with Gasteiger partial charge in [-0.3, -0.25) is 4.79 Å². The Morgan fingerprint density at radius 3 is 2.00 bits per heavy atom. The standard InChI is InChI=1S/C15H11N3O3/c19-14-13(11-7-3-1-4-8-11)18(16-21)15(20)17(14)12-9-5-2-6-10-12/h1-10,13H. The van der Waals surface area contributed by atoms with Crippen molar-refractivity contribution in [1.29, 1.82) is 0 Å². The molecular weight excluding hydrogens is 270 g/mol. The van der Waals surface area contributed by atoms with Gasteiger partial charge in [0, 0.05) is 0 Å². The monoisotopic (exact) mass is 281 g/mol. The maximum absolute atomic E-state index is 12.6. The summed E-state index contributed by atoms with van der Waals surface area (Å²) in [7, 11) is 0. The molecule has 0 saturated carbocycles. The Morgan fingerprint density at radius 2 is 1.43 bits per heavy atom. The van der Waals surface area contributed by atoms with Gasteiger partial charge in [0.05, 0.1) is 11.0 Å². The molecule has 1 atom stereocenters. The summed E-state index contributed by atoms with van der Waals surface area (Å²) in [4.78, 5) is 36.8. The Balaban J connectivity index is 2.05. The summed E-state index contributed by atoms with van der Waals surface area (Å²) in [6.07, 6.45) is 0. The van der Waals surface area contributed by atoms with Crippen LogP contribution in [0.25, 0.3) is 0 Å². The Bertz CT molecular complexity index is 688. The summed E-state index contributed by atoms with van der Waals surface area (Å²) in [6, 6.07) is 15.3. The number of nitrogens with zero attached hydrogens (tertiary/aromatic N) is 3. The molecule has 6 heteroatoms. The van der Waals surface area contributed by atoms with E-state index in [-0.39, 0.29) is 0 Å². The summed E-state index contributed by atoms with van der Waals surface area (Å²) in [5.74, 6) is -0.489. The third-order valence-electron chi connectivity index (χ3n) is 3.30. The van der Waals surface area contributed by atoms with Crippen LogP contribution in [0.2, 0.25) is 0 Å². The van der Waals surface area contributed by atoms with E-state index in [2.05, 4.69) is 5.29 Å². The van der Waals surface area contributed by atoms with Crippen molar-refractivity contribution >= 4 is 17.6 Å². The van der Waals surface area contributed by atoms with E-state index in [4.69, 9.17) is 0 Å². The van der Waals surface area contributed by atoms with E-state index in [1.807, 2.05) is 0 Å². The molecule has 1 unspecified atom stereocenters. The van der Waals surface area contributed by atoms with Crippen LogP contribution in [-0.2, 0) is 4.79 Å². The summed E-state index contributed by atoms with van der Waals surface area (Å²) < 4.78 is 0. The van der Waals surface area contributed by atoms with Gasteiger partial charge in [0.25, 0.3) is 5.91 Å². The SMILES string of the molecule is O=NN1C(=O)N(c2ccccc2)C(=O)C1c1ccccc1. The summed E-state index contributed by atoms with van der Waals surface area (Å²) in [6.45, 7) is 0. The van der Waals surface area contributed by atoms with Crippen LogP contribution in [0.15, 0.2) is 65.9 Å². The minimum Gasteiger partial charge on any atom is -0.271 e. The number of anilines is 1. The minimum absolute atomic E-state index is 0.416. The van der Waals surface area contributed by atoms with Gasteiger partial charge in [0.15, 0.2) is 6.04 Å². The van der Waals surface area contributed by atoms with Crippen molar-refractivity contribution in [2.24, 2.45) is 5.29 Å². The molecular formula is C15H11N3O3. The highest BCUT2D eigenvalue weighted by molar-refractivity contribution is 6.21. The Morgan fingerprint density at radius 1 is 0.857 bits per heavy atom. The molecule has 21 heavy (non-hydrogen) atoms. The van der Waals surface area contributed by atoms with E-state index in [1.54, 1.807) is 60.7 Å². The highest BCUT2D eigenvalue weighted by Crippen LogP contribution is 2.34. The number of benzene rings is 2. The quantitative estimate of drug-likeness (QED) is 0.641. The first kappa shape index (κ1) is 13.0. The molecule has 3 rings (SSSR count). The van der Waals surface area contributed by atoms with Crippen LogP contribution in [0.3, 0.4) is 0 Å². The molecule has 0 N–H and O–H groups in total. The first-order valence-electron chi connectivity index (χ1n) is 6.34. The highest BCUT2D eigenvalue weighted by Gasteiger charge is 2.48. The van der Waals surface area contributed by atoms with E-state index in [1.165, 1.54) is 0 Å². The normalized spacial score (nSPS) is 18.2. The van der Waals surface area contributed by atoms with Crippen molar-refractivity contribution < 1.29 is 9.59 Å². The fourth-order valence-electron chi connectivity index (χ4n) is 2.35. The molecule has 1 aliphatic heterocycles. The number of para-hydroxylation sites is 1. The van der Waals surface area contributed by atoms with Crippen molar-refractivity contribution in [1.82, 2.24) is 5.01 Å². The van der Waals surface area contributed by atoms with E-state index in [9.17, 15) is 14.5 Å². The third kappa shape index (κ3) is 2.06. The average molecular weight is 281 g/mol. The van der Waals surface area contributed by atoms with E-state index < -0.39 is 18.0 Å². The second-order valence-corrected chi connectivity index (χ2v) is 4.53. The fraction of sp³-hybridized carbons (Fsp3) is 0.0667. The number of carbonyl (C=O) groups excluding carboxylic acids is 2. The molecule has 1 saturated heterocycles. The second kappa shape index (κ2) is 5.16. The zero-order valence-corrected chi connectivity index (χ0v) is 10.9. The van der Waals surface area contributed by atoms with Crippen LogP contribution in [-0.4, -0.2) is 16.9 Å². The van der Waals surface area contributed by atoms with Gasteiger partial charge in [0.1, 0.15) is 0 Å². The lowest BCUT2D eigenvalue weighted by Gasteiger charge is -2.12. The van der Waals surface area contributed by atoms with Gasteiger partial charge < -0.3 is 0 Å². The van der Waals surface area contributed by atoms with Gasteiger partial charge in [-0.1, -0.05) is 48.5 Å². The van der Waals surface area contributed by atoms with Crippen molar-refractivity contribution in [2.75, 3.05) is 4.90 Å². The molecule has 2 aromatic rings. The van der Waals surface area contributed by atoms with Crippen molar-refractivity contribution in [3.05, 3.63) is 71.1 Å². The molecule has 2 aromatic carbocycles. The smallest absolute Gasteiger partial charge is 0.271 e. The molecule has 0 spiro atoms. The Kier molecular flexibility index (Phi) is 3.19. The van der Waals surface area contributed by atoms with Crippen molar-refractivity contribution in [3.63, 3.8) is 0 Å². The van der Waals surface area contributed by atoms with E-state index in [0.717, 1.165) is 4.90 Å². The van der Waals surface area contributed by atoms with Crippen molar-refractivity contribution in [2.45, 2.75) is 6.04 Å². The van der Waals surface area contributed by atoms with Gasteiger partial charge in [-0.25, -0.2) is 9.69 Å². The summed E-state index contributed by atoms with van der Waals surface area (Å²) in [5, 5.41) is 3.40. The Labute approximate surface area is 120 Å². The van der Waals surface area contributed by atoms with Gasteiger partial charge in [-0.05, 0) is 17.7 Å². The van der Waals surface area contributed by atoms with Gasteiger partial charge in [-0.15, -0.1) is 4.91 Å². The highest BCUT2D eigenvalue weighted by atomic mass is 16.3. The number of imide groups is 1. The third-order valence-corrected chi connectivity index (χ3v) is 3.30. The van der Waals surface area contributed by atoms with Crippen LogP contribution in [0.1, 0.15) is 11.6 Å². The molecule has 1 heterocycles. The number of hydrogen-bond donors (Lipinski definition) is 0.